The van der Waals surface area contributed by atoms with Gasteiger partial charge < -0.3 is 74.6 Å². The molecule has 0 aromatic rings. The number of quaternary nitrogens is 1. The molecule has 57 heavy (non-hydrogen) atoms. The van der Waals surface area contributed by atoms with Crippen LogP contribution < -0.4 is 60.2 Å². The zero-order valence-electron chi connectivity index (χ0n) is 34.0. The summed E-state index contributed by atoms with van der Waals surface area (Å²) in [5.74, 6) is -7.71. The number of hydrogen-bond donors (Lipinski definition) is 14. The summed E-state index contributed by atoms with van der Waals surface area (Å²) in [5.41, 5.74) is 22.0. The highest BCUT2D eigenvalue weighted by molar-refractivity contribution is 5.97. The largest absolute Gasteiger partial charge is 0.480 e. The third kappa shape index (κ3) is 22.1. The maximum Gasteiger partial charge on any atom is 0.325 e. The summed E-state index contributed by atoms with van der Waals surface area (Å²) in [6, 6.07) is -9.80. The van der Waals surface area contributed by atoms with Gasteiger partial charge >= 0.3 is 5.97 Å². The number of amides is 7. The van der Waals surface area contributed by atoms with Crippen molar-refractivity contribution in [3.63, 3.8) is 0 Å². The van der Waals surface area contributed by atoms with E-state index in [1.165, 1.54) is 13.8 Å². The predicted molar refractivity (Wildman–Crippen MR) is 206 cm³/mol. The number of nitrogens with two attached hydrogens (primary N) is 4. The zero-order valence-corrected chi connectivity index (χ0v) is 34.0. The maximum absolute atomic E-state index is 13.9. The van der Waals surface area contributed by atoms with Crippen LogP contribution in [0.3, 0.4) is 0 Å². The number of aliphatic hydroxyl groups excluding tert-OH is 2. The summed E-state index contributed by atoms with van der Waals surface area (Å²) in [6.45, 7) is 5.91. The standard InChI is InChI=1S/C34H66N12O11/c1-17(35)27(50)41-22(12-10-15-39-34(37)38)29(52)45-26(20(4)48)32(55)43-21(11-8-9-16-46(5,6)7)28(51)42-23(13-14-24(36)49)30(53)44-25(19(3)47)31(54)40-18(2)33(56)57/h17-23,25-26,34,39,47-48H,8-16,35,37-38H2,1-7H3,(H8-,36,40,41,42,43,44,45,49,50,51,52,53,54,55,56,57)/p+1/t17-,18-,19+,20+,21-,22-,23-,25-,26-/m0/s1. The first kappa shape index (κ1) is 52.5. The molecule has 7 amide bonds. The molecular weight excluding hydrogens is 752 g/mol. The summed E-state index contributed by atoms with van der Waals surface area (Å²) >= 11 is 0. The fourth-order valence-electron chi connectivity index (χ4n) is 5.12. The Kier molecular flexibility index (Phi) is 23.6. The number of nitrogens with zero attached hydrogens (tertiary/aromatic N) is 1. The lowest BCUT2D eigenvalue weighted by Gasteiger charge is -2.29. The van der Waals surface area contributed by atoms with Crippen LogP contribution in [0.25, 0.3) is 0 Å². The molecule has 0 saturated heterocycles. The number of carbonyl (C=O) groups is 8. The molecule has 23 nitrogen and oxygen atoms in total. The van der Waals surface area contributed by atoms with Gasteiger partial charge in [0.15, 0.2) is 0 Å². The minimum Gasteiger partial charge on any atom is -0.480 e. The normalized spacial score (nSPS) is 16.3. The van der Waals surface area contributed by atoms with Crippen LogP contribution in [-0.4, -0.2) is 162 Å². The number of hydrogen-bond acceptors (Lipinski definition) is 14. The highest BCUT2D eigenvalue weighted by atomic mass is 16.4. The molecule has 0 rings (SSSR count). The first-order valence-corrected chi connectivity index (χ1v) is 18.8. The highest BCUT2D eigenvalue weighted by Crippen LogP contribution is 2.09. The van der Waals surface area contributed by atoms with Gasteiger partial charge in [-0.1, -0.05) is 0 Å². The van der Waals surface area contributed by atoms with Crippen molar-refractivity contribution in [3.05, 3.63) is 0 Å². The quantitative estimate of drug-likeness (QED) is 0.0198. The Labute approximate surface area is 333 Å². The van der Waals surface area contributed by atoms with E-state index in [1.54, 1.807) is 0 Å². The predicted octanol–water partition coefficient (Wildman–Crippen LogP) is -6.18. The summed E-state index contributed by atoms with van der Waals surface area (Å²) in [5, 5.41) is 47.1. The summed E-state index contributed by atoms with van der Waals surface area (Å²) in [6.07, 6.45) is -3.31. The van der Waals surface area contributed by atoms with Crippen molar-refractivity contribution in [1.82, 2.24) is 37.2 Å². The summed E-state index contributed by atoms with van der Waals surface area (Å²) in [7, 11) is 5.88. The van der Waals surface area contributed by atoms with E-state index in [9.17, 15) is 48.6 Å². The first-order chi connectivity index (χ1) is 26.3. The van der Waals surface area contributed by atoms with E-state index in [4.69, 9.17) is 28.0 Å². The molecule has 0 aromatic carbocycles. The monoisotopic (exact) mass is 820 g/mol. The number of nitrogens with one attached hydrogen (secondary N) is 7. The van der Waals surface area contributed by atoms with E-state index in [0.717, 1.165) is 13.8 Å². The van der Waals surface area contributed by atoms with E-state index < -0.39 is 115 Å². The minimum absolute atomic E-state index is 0.0113. The zero-order chi connectivity index (χ0) is 44.2. The Morgan fingerprint density at radius 3 is 1.42 bits per heavy atom. The maximum atomic E-state index is 13.9. The third-order valence-corrected chi connectivity index (χ3v) is 8.47. The number of rotatable bonds is 28. The van der Waals surface area contributed by atoms with Crippen molar-refractivity contribution in [1.29, 1.82) is 0 Å². The van der Waals surface area contributed by atoms with Crippen LogP contribution in [0.1, 0.15) is 72.6 Å². The smallest absolute Gasteiger partial charge is 0.325 e. The van der Waals surface area contributed by atoms with Gasteiger partial charge in [0.25, 0.3) is 0 Å². The van der Waals surface area contributed by atoms with E-state index >= 15 is 0 Å². The summed E-state index contributed by atoms with van der Waals surface area (Å²) in [4.78, 5) is 103. The number of carbonyl (C=O) groups excluding carboxylic acids is 7. The molecule has 328 valence electrons. The van der Waals surface area contributed by atoms with Crippen LogP contribution in [0.15, 0.2) is 0 Å². The van der Waals surface area contributed by atoms with Crippen molar-refractivity contribution in [2.75, 3.05) is 34.2 Å². The lowest BCUT2D eigenvalue weighted by molar-refractivity contribution is -0.870. The molecule has 0 heterocycles. The Balaban J connectivity index is 6.44. The highest BCUT2D eigenvalue weighted by Gasteiger charge is 2.35. The van der Waals surface area contributed by atoms with Crippen LogP contribution in [0.2, 0.25) is 0 Å². The Hall–Kier alpha value is -4.52. The number of unbranched alkanes of at least 4 members (excludes halogenated alkanes) is 1. The SMILES string of the molecule is C[C@H](N)C(=O)N[C@@H](CCCNC(N)N)C(=O)N[C@H](C(=O)N[C@@H](CCCC[N+](C)(C)C)C(=O)N[C@@H](CCC(N)=O)C(=O)N[C@H](C(=O)N[C@@H](C)C(=O)O)[C@@H](C)O)[C@@H](C)O. The van der Waals surface area contributed by atoms with Gasteiger partial charge in [-0.25, -0.2) is 0 Å². The molecule has 0 bridgehead atoms. The Morgan fingerprint density at radius 2 is 1.00 bits per heavy atom. The van der Waals surface area contributed by atoms with Gasteiger partial charge in [0.1, 0.15) is 42.5 Å². The lowest BCUT2D eigenvalue weighted by Crippen LogP contribution is -2.62. The first-order valence-electron chi connectivity index (χ1n) is 18.8. The van der Waals surface area contributed by atoms with Gasteiger partial charge in [0.05, 0.1) is 45.9 Å². The van der Waals surface area contributed by atoms with Crippen LogP contribution in [0, 0.1) is 0 Å². The lowest BCUT2D eigenvalue weighted by atomic mass is 10.0. The summed E-state index contributed by atoms with van der Waals surface area (Å²) < 4.78 is 0.591. The molecule has 18 N–H and O–H groups in total. The van der Waals surface area contributed by atoms with E-state index in [2.05, 4.69) is 37.2 Å². The topological polar surface area (TPSA) is 386 Å². The van der Waals surface area contributed by atoms with E-state index in [0.29, 0.717) is 30.3 Å². The third-order valence-electron chi connectivity index (χ3n) is 8.47. The molecule has 0 radical (unpaired) electrons. The van der Waals surface area contributed by atoms with Crippen LogP contribution >= 0.6 is 0 Å². The molecule has 0 saturated carbocycles. The van der Waals surface area contributed by atoms with E-state index in [1.807, 2.05) is 21.1 Å². The molecule has 9 atom stereocenters. The number of aliphatic hydroxyl groups is 2. The van der Waals surface area contributed by atoms with E-state index in [-0.39, 0.29) is 25.8 Å². The van der Waals surface area contributed by atoms with Crippen LogP contribution in [0.4, 0.5) is 0 Å². The molecule has 0 aliphatic rings. The molecule has 0 aliphatic carbocycles. The van der Waals surface area contributed by atoms with Gasteiger partial charge in [0, 0.05) is 6.42 Å². The second-order valence-corrected chi connectivity index (χ2v) is 15.1. The average molecular weight is 820 g/mol. The second-order valence-electron chi connectivity index (χ2n) is 15.1. The van der Waals surface area contributed by atoms with Crippen LogP contribution in [-0.2, 0) is 38.4 Å². The number of carboxylic acids is 1. The molecule has 23 heteroatoms. The minimum atomic E-state index is -1.68. The second kappa shape index (κ2) is 25.7. The fourth-order valence-corrected chi connectivity index (χ4v) is 5.12. The van der Waals surface area contributed by atoms with Crippen molar-refractivity contribution in [3.8, 4) is 0 Å². The van der Waals surface area contributed by atoms with Gasteiger partial charge in [-0.15, -0.1) is 0 Å². The Morgan fingerprint density at radius 1 is 0.579 bits per heavy atom. The van der Waals surface area contributed by atoms with Gasteiger partial charge in [-0.3, -0.25) is 43.7 Å². The number of carboxylic acid groups (broad SMARTS) is 1. The molecule has 0 aliphatic heterocycles. The molecule has 0 spiro atoms. The van der Waals surface area contributed by atoms with Gasteiger partial charge in [0.2, 0.25) is 41.4 Å². The number of primary amides is 1. The van der Waals surface area contributed by atoms with Crippen molar-refractivity contribution in [2.24, 2.45) is 22.9 Å². The molecular formula is C34H67N12O11+. The molecule has 0 fully saturated rings. The van der Waals surface area contributed by atoms with Crippen LogP contribution in [0.5, 0.6) is 0 Å². The molecule has 0 unspecified atom stereocenters. The van der Waals surface area contributed by atoms with Crippen molar-refractivity contribution in [2.45, 2.75) is 133 Å². The van der Waals surface area contributed by atoms with Crippen molar-refractivity contribution >= 4 is 47.3 Å². The van der Waals surface area contributed by atoms with Crippen molar-refractivity contribution < 1.29 is 58.2 Å². The Bertz CT molecular complexity index is 1360. The van der Waals surface area contributed by atoms with Gasteiger partial charge in [-0.2, -0.15) is 0 Å². The average Bonchev–Trinajstić information content (AvgIpc) is 3.08. The molecule has 0 aromatic heterocycles. The van der Waals surface area contributed by atoms with Gasteiger partial charge in [-0.05, 0) is 72.8 Å². The fraction of sp³-hybridized carbons (Fsp3) is 0.765. The number of aliphatic carboxylic acids is 1.